The van der Waals surface area contributed by atoms with E-state index >= 15 is 0 Å². The van der Waals surface area contributed by atoms with Gasteiger partial charge in [0.2, 0.25) is 0 Å². The first-order valence-electron chi connectivity index (χ1n) is 6.88. The molecular weight excluding hydrogens is 238 g/mol. The van der Waals surface area contributed by atoms with Crippen LogP contribution in [0.3, 0.4) is 0 Å². The number of aromatic nitrogens is 1. The van der Waals surface area contributed by atoms with E-state index in [0.29, 0.717) is 6.54 Å². The monoisotopic (exact) mass is 265 g/mol. The number of methoxy groups -OCH3 is 1. The number of hydrogen-bond acceptors (Lipinski definition) is 4. The lowest BCUT2D eigenvalue weighted by atomic mass is 9.93. The van der Waals surface area contributed by atoms with E-state index in [1.54, 1.807) is 7.11 Å². The summed E-state index contributed by atoms with van der Waals surface area (Å²) in [6.45, 7) is 10.6. The Kier molecular flexibility index (Phi) is 5.91. The standard InChI is InChI=1S/C15H27N3O/c1-6-18(15(4,11-16)13(3)19-5)10-14-9-7-8-12(2)17-14/h7-9,13H,6,10-11,16H2,1-5H3. The van der Waals surface area contributed by atoms with Crippen LogP contribution in [0, 0.1) is 6.92 Å². The van der Waals surface area contributed by atoms with Gasteiger partial charge in [0.15, 0.2) is 0 Å². The molecule has 2 N–H and O–H groups in total. The van der Waals surface area contributed by atoms with E-state index < -0.39 is 0 Å². The average molecular weight is 265 g/mol. The van der Waals surface area contributed by atoms with E-state index in [4.69, 9.17) is 10.5 Å². The van der Waals surface area contributed by atoms with Crippen LogP contribution in [0.5, 0.6) is 0 Å². The Morgan fingerprint density at radius 2 is 2.16 bits per heavy atom. The van der Waals surface area contributed by atoms with E-state index in [-0.39, 0.29) is 11.6 Å². The lowest BCUT2D eigenvalue weighted by Gasteiger charge is -2.43. The van der Waals surface area contributed by atoms with Gasteiger partial charge in [0, 0.05) is 25.9 Å². The summed E-state index contributed by atoms with van der Waals surface area (Å²) in [5, 5.41) is 0. The van der Waals surface area contributed by atoms with Crippen molar-refractivity contribution in [2.45, 2.75) is 45.9 Å². The van der Waals surface area contributed by atoms with Crippen LogP contribution in [0.4, 0.5) is 0 Å². The summed E-state index contributed by atoms with van der Waals surface area (Å²) in [6, 6.07) is 6.12. The van der Waals surface area contributed by atoms with Crippen molar-refractivity contribution in [3.05, 3.63) is 29.6 Å². The Labute approximate surface area is 117 Å². The first kappa shape index (κ1) is 16.1. The van der Waals surface area contributed by atoms with Crippen LogP contribution < -0.4 is 5.73 Å². The van der Waals surface area contributed by atoms with Crippen molar-refractivity contribution in [2.24, 2.45) is 5.73 Å². The van der Waals surface area contributed by atoms with Crippen LogP contribution in [0.1, 0.15) is 32.2 Å². The molecule has 0 aliphatic heterocycles. The van der Waals surface area contributed by atoms with Crippen molar-refractivity contribution in [2.75, 3.05) is 20.2 Å². The summed E-state index contributed by atoms with van der Waals surface area (Å²) < 4.78 is 5.51. The number of aryl methyl sites for hydroxylation is 1. The van der Waals surface area contributed by atoms with Crippen LogP contribution in [0.2, 0.25) is 0 Å². The first-order chi connectivity index (χ1) is 8.97. The molecule has 0 spiro atoms. The maximum Gasteiger partial charge on any atom is 0.0736 e. The molecule has 0 aromatic carbocycles. The smallest absolute Gasteiger partial charge is 0.0736 e. The van der Waals surface area contributed by atoms with Gasteiger partial charge in [-0.05, 0) is 39.4 Å². The van der Waals surface area contributed by atoms with Crippen LogP contribution in [0.15, 0.2) is 18.2 Å². The maximum absolute atomic E-state index is 6.00. The number of nitrogens with two attached hydrogens (primary N) is 1. The Morgan fingerprint density at radius 3 is 2.63 bits per heavy atom. The quantitative estimate of drug-likeness (QED) is 0.819. The third kappa shape index (κ3) is 3.75. The molecule has 108 valence electrons. The second-order valence-corrected chi connectivity index (χ2v) is 5.22. The van der Waals surface area contributed by atoms with Gasteiger partial charge >= 0.3 is 0 Å². The van der Waals surface area contributed by atoms with Crippen molar-refractivity contribution in [3.63, 3.8) is 0 Å². The molecule has 1 aromatic rings. The molecule has 0 saturated heterocycles. The Hall–Kier alpha value is -0.970. The van der Waals surface area contributed by atoms with E-state index in [1.165, 1.54) is 0 Å². The fourth-order valence-corrected chi connectivity index (χ4v) is 2.34. The van der Waals surface area contributed by atoms with Crippen LogP contribution in [0.25, 0.3) is 0 Å². The van der Waals surface area contributed by atoms with E-state index in [9.17, 15) is 0 Å². The zero-order chi connectivity index (χ0) is 14.5. The summed E-state index contributed by atoms with van der Waals surface area (Å²) in [4.78, 5) is 6.91. The molecule has 19 heavy (non-hydrogen) atoms. The molecular formula is C15H27N3O. The van der Waals surface area contributed by atoms with Crippen molar-refractivity contribution < 1.29 is 4.74 Å². The molecule has 0 aliphatic carbocycles. The maximum atomic E-state index is 6.00. The van der Waals surface area contributed by atoms with Gasteiger partial charge in [0.25, 0.3) is 0 Å². The van der Waals surface area contributed by atoms with Gasteiger partial charge in [0.1, 0.15) is 0 Å². The van der Waals surface area contributed by atoms with E-state index in [2.05, 4.69) is 36.7 Å². The second kappa shape index (κ2) is 6.98. The number of hydrogen-bond donors (Lipinski definition) is 1. The minimum Gasteiger partial charge on any atom is -0.380 e. The SMILES string of the molecule is CCN(Cc1cccc(C)n1)C(C)(CN)C(C)OC. The van der Waals surface area contributed by atoms with Gasteiger partial charge in [-0.15, -0.1) is 0 Å². The highest BCUT2D eigenvalue weighted by Gasteiger charge is 2.35. The van der Waals surface area contributed by atoms with E-state index in [1.807, 2.05) is 19.1 Å². The largest absolute Gasteiger partial charge is 0.380 e. The topological polar surface area (TPSA) is 51.4 Å². The zero-order valence-corrected chi connectivity index (χ0v) is 12.8. The van der Waals surface area contributed by atoms with Crippen molar-refractivity contribution in [3.8, 4) is 0 Å². The number of nitrogens with zero attached hydrogens (tertiary/aromatic N) is 2. The molecule has 4 nitrogen and oxygen atoms in total. The molecule has 2 atom stereocenters. The van der Waals surface area contributed by atoms with Crippen LogP contribution in [-0.4, -0.2) is 41.7 Å². The molecule has 0 fully saturated rings. The fourth-order valence-electron chi connectivity index (χ4n) is 2.34. The number of ether oxygens (including phenoxy) is 1. The van der Waals surface area contributed by atoms with Crippen LogP contribution >= 0.6 is 0 Å². The summed E-state index contributed by atoms with van der Waals surface area (Å²) in [7, 11) is 1.73. The highest BCUT2D eigenvalue weighted by molar-refractivity contribution is 5.10. The summed E-state index contributed by atoms with van der Waals surface area (Å²) in [6.07, 6.45) is 0.0715. The summed E-state index contributed by atoms with van der Waals surface area (Å²) >= 11 is 0. The Morgan fingerprint density at radius 1 is 1.47 bits per heavy atom. The number of pyridine rings is 1. The van der Waals surface area contributed by atoms with Gasteiger partial charge < -0.3 is 10.5 Å². The second-order valence-electron chi connectivity index (χ2n) is 5.22. The Balaban J connectivity index is 2.93. The van der Waals surface area contributed by atoms with Gasteiger partial charge in [-0.3, -0.25) is 9.88 Å². The lowest BCUT2D eigenvalue weighted by Crippen LogP contribution is -2.58. The molecule has 0 aliphatic rings. The third-order valence-corrected chi connectivity index (χ3v) is 4.05. The average Bonchev–Trinajstić information content (AvgIpc) is 2.43. The number of rotatable bonds is 7. The minimum absolute atomic E-state index is 0.0715. The molecule has 1 heterocycles. The van der Waals surface area contributed by atoms with Gasteiger partial charge in [-0.2, -0.15) is 0 Å². The van der Waals surface area contributed by atoms with Crippen molar-refractivity contribution in [1.82, 2.24) is 9.88 Å². The molecule has 2 unspecified atom stereocenters. The van der Waals surface area contributed by atoms with Crippen molar-refractivity contribution in [1.29, 1.82) is 0 Å². The summed E-state index contributed by atoms with van der Waals surface area (Å²) in [5.74, 6) is 0. The summed E-state index contributed by atoms with van der Waals surface area (Å²) in [5.41, 5.74) is 7.93. The molecule has 4 heteroatoms. The molecule has 0 saturated carbocycles. The van der Waals surface area contributed by atoms with Crippen molar-refractivity contribution >= 4 is 0 Å². The normalized spacial score (nSPS) is 16.4. The van der Waals surface area contributed by atoms with Crippen LogP contribution in [-0.2, 0) is 11.3 Å². The lowest BCUT2D eigenvalue weighted by molar-refractivity contribution is -0.0335. The minimum atomic E-state index is -0.186. The highest BCUT2D eigenvalue weighted by Crippen LogP contribution is 2.22. The fraction of sp³-hybridized carbons (Fsp3) is 0.667. The highest BCUT2D eigenvalue weighted by atomic mass is 16.5. The molecule has 1 rings (SSSR count). The molecule has 0 bridgehead atoms. The molecule has 0 amide bonds. The van der Waals surface area contributed by atoms with Gasteiger partial charge in [0.05, 0.1) is 17.3 Å². The Bertz CT molecular complexity index is 397. The zero-order valence-electron chi connectivity index (χ0n) is 12.8. The molecule has 1 aromatic heterocycles. The third-order valence-electron chi connectivity index (χ3n) is 4.05. The predicted molar refractivity (Wildman–Crippen MR) is 79.0 cm³/mol. The van der Waals surface area contributed by atoms with Gasteiger partial charge in [-0.1, -0.05) is 13.0 Å². The van der Waals surface area contributed by atoms with E-state index in [0.717, 1.165) is 24.5 Å². The number of likely N-dealkylation sites (N-methyl/N-ethyl adjacent to an activating group) is 1. The first-order valence-corrected chi connectivity index (χ1v) is 6.88. The predicted octanol–water partition coefficient (Wildman–Crippen LogP) is 1.96. The van der Waals surface area contributed by atoms with Gasteiger partial charge in [-0.25, -0.2) is 0 Å². The molecule has 0 radical (unpaired) electrons.